The molecule has 0 spiro atoms. The van der Waals surface area contributed by atoms with Gasteiger partial charge in [-0.05, 0) is 31.8 Å². The summed E-state index contributed by atoms with van der Waals surface area (Å²) in [5.74, 6) is 0.811. The summed E-state index contributed by atoms with van der Waals surface area (Å²) in [6, 6.07) is 0. The third-order valence-electron chi connectivity index (χ3n) is 2.37. The van der Waals surface area contributed by atoms with Crippen molar-refractivity contribution in [2.75, 3.05) is 0 Å². The minimum absolute atomic E-state index is 0.262. The lowest BCUT2D eigenvalue weighted by Gasteiger charge is -2.23. The molecule has 0 aromatic heterocycles. The Bertz CT molecular complexity index is 218. The summed E-state index contributed by atoms with van der Waals surface area (Å²) in [6.45, 7) is 3.21. The molecule has 1 rings (SSSR count). The summed E-state index contributed by atoms with van der Waals surface area (Å²) < 4.78 is 4.96. The number of aliphatic hydroxyl groups is 1. The molecule has 0 bridgehead atoms. The topological polar surface area (TPSA) is 46.5 Å². The lowest BCUT2D eigenvalue weighted by Crippen LogP contribution is -2.19. The van der Waals surface area contributed by atoms with Gasteiger partial charge < -0.3 is 9.84 Å². The van der Waals surface area contributed by atoms with E-state index in [-0.39, 0.29) is 12.1 Å². The minimum Gasteiger partial charge on any atom is -0.432 e. The summed E-state index contributed by atoms with van der Waals surface area (Å²) in [6.07, 6.45) is 4.10. The van der Waals surface area contributed by atoms with Crippen LogP contribution in [0.3, 0.4) is 0 Å². The number of carbonyl (C=O) groups is 1. The van der Waals surface area contributed by atoms with E-state index in [1.165, 1.54) is 6.92 Å². The van der Waals surface area contributed by atoms with Gasteiger partial charge >= 0.3 is 5.97 Å². The number of hydrogen-bond acceptors (Lipinski definition) is 3. The third-order valence-corrected chi connectivity index (χ3v) is 2.37. The molecule has 0 aromatic rings. The Morgan fingerprint density at radius 2 is 2.46 bits per heavy atom. The van der Waals surface area contributed by atoms with Crippen molar-refractivity contribution >= 4 is 5.97 Å². The Labute approximate surface area is 78.4 Å². The summed E-state index contributed by atoms with van der Waals surface area (Å²) in [4.78, 5) is 10.6. The number of esters is 1. The van der Waals surface area contributed by atoms with Crippen LogP contribution in [-0.2, 0) is 9.53 Å². The van der Waals surface area contributed by atoms with Crippen molar-refractivity contribution in [2.45, 2.75) is 39.2 Å². The maximum absolute atomic E-state index is 10.6. The Morgan fingerprint density at radius 3 is 2.85 bits per heavy atom. The van der Waals surface area contributed by atoms with Gasteiger partial charge in [-0.1, -0.05) is 0 Å². The highest BCUT2D eigenvalue weighted by molar-refractivity contribution is 5.67. The van der Waals surface area contributed by atoms with Crippen LogP contribution in [0.25, 0.3) is 0 Å². The average Bonchev–Trinajstić information content (AvgIpc) is 2.04. The van der Waals surface area contributed by atoms with Crippen LogP contribution in [0.1, 0.15) is 33.1 Å². The first-order valence-corrected chi connectivity index (χ1v) is 4.65. The van der Waals surface area contributed by atoms with E-state index >= 15 is 0 Å². The molecule has 0 radical (unpaired) electrons. The van der Waals surface area contributed by atoms with Gasteiger partial charge in [-0.2, -0.15) is 0 Å². The van der Waals surface area contributed by atoms with Gasteiger partial charge in [0.25, 0.3) is 0 Å². The molecule has 0 heterocycles. The minimum atomic E-state index is -0.268. The molecule has 1 aliphatic rings. The van der Waals surface area contributed by atoms with Gasteiger partial charge in [-0.3, -0.25) is 4.79 Å². The molecule has 3 heteroatoms. The number of aliphatic hydroxyl groups excluding tert-OH is 1. The molecular weight excluding hydrogens is 168 g/mol. The van der Waals surface area contributed by atoms with Crippen LogP contribution < -0.4 is 0 Å². The van der Waals surface area contributed by atoms with Crippen LogP contribution in [0.5, 0.6) is 0 Å². The van der Waals surface area contributed by atoms with Gasteiger partial charge in [0.15, 0.2) is 0 Å². The van der Waals surface area contributed by atoms with Crippen molar-refractivity contribution in [1.29, 1.82) is 0 Å². The smallest absolute Gasteiger partial charge is 0.307 e. The van der Waals surface area contributed by atoms with Crippen LogP contribution in [-0.4, -0.2) is 17.2 Å². The molecule has 2 unspecified atom stereocenters. The van der Waals surface area contributed by atoms with E-state index in [1.54, 1.807) is 6.92 Å². The molecule has 0 amide bonds. The molecule has 1 N–H and O–H groups in total. The van der Waals surface area contributed by atoms with Gasteiger partial charge in [0.05, 0.1) is 6.10 Å². The highest BCUT2D eigenvalue weighted by atomic mass is 16.5. The molecule has 13 heavy (non-hydrogen) atoms. The zero-order chi connectivity index (χ0) is 9.84. The second-order valence-electron chi connectivity index (χ2n) is 3.54. The number of ether oxygens (including phenoxy) is 1. The maximum Gasteiger partial charge on any atom is 0.307 e. The molecule has 0 saturated carbocycles. The van der Waals surface area contributed by atoms with Crippen LogP contribution in [0.4, 0.5) is 0 Å². The van der Waals surface area contributed by atoms with Crippen LogP contribution in [0.15, 0.2) is 11.8 Å². The van der Waals surface area contributed by atoms with Gasteiger partial charge in [-0.25, -0.2) is 0 Å². The quantitative estimate of drug-likeness (QED) is 0.663. The fourth-order valence-electron chi connectivity index (χ4n) is 1.55. The first-order valence-electron chi connectivity index (χ1n) is 4.65. The van der Waals surface area contributed by atoms with Crippen molar-refractivity contribution < 1.29 is 14.6 Å². The Balaban J connectivity index is 2.43. The monoisotopic (exact) mass is 184 g/mol. The molecule has 74 valence electrons. The average molecular weight is 184 g/mol. The Hall–Kier alpha value is -0.830. The van der Waals surface area contributed by atoms with Gasteiger partial charge in [0.2, 0.25) is 0 Å². The lowest BCUT2D eigenvalue weighted by atomic mass is 9.89. The van der Waals surface area contributed by atoms with Crippen molar-refractivity contribution in [3.05, 3.63) is 11.8 Å². The Morgan fingerprint density at radius 1 is 1.77 bits per heavy atom. The first kappa shape index (κ1) is 10.3. The van der Waals surface area contributed by atoms with E-state index in [0.717, 1.165) is 25.0 Å². The zero-order valence-corrected chi connectivity index (χ0v) is 8.12. The number of rotatable bonds is 2. The normalized spacial score (nSPS) is 24.8. The van der Waals surface area contributed by atoms with Crippen LogP contribution in [0.2, 0.25) is 0 Å². The maximum atomic E-state index is 10.6. The summed E-state index contributed by atoms with van der Waals surface area (Å²) in [5.41, 5.74) is 0. The molecule has 0 saturated heterocycles. The number of hydrogen-bond donors (Lipinski definition) is 1. The van der Waals surface area contributed by atoms with Crippen molar-refractivity contribution in [3.63, 3.8) is 0 Å². The predicted molar refractivity (Wildman–Crippen MR) is 48.9 cm³/mol. The standard InChI is InChI=1S/C10H16O3/c1-7(11)9-3-5-10(6-4-9)13-8(2)12/h5,7,9,11H,3-4,6H2,1-2H3. The number of allylic oxidation sites excluding steroid dienone is 2. The van der Waals surface area contributed by atoms with E-state index < -0.39 is 0 Å². The van der Waals surface area contributed by atoms with E-state index in [9.17, 15) is 9.90 Å². The van der Waals surface area contributed by atoms with Crippen molar-refractivity contribution in [2.24, 2.45) is 5.92 Å². The molecular formula is C10H16O3. The molecule has 0 aromatic carbocycles. The highest BCUT2D eigenvalue weighted by Crippen LogP contribution is 2.26. The van der Waals surface area contributed by atoms with Gasteiger partial charge in [0, 0.05) is 13.3 Å². The second kappa shape index (κ2) is 4.42. The molecule has 1 aliphatic carbocycles. The van der Waals surface area contributed by atoms with Gasteiger partial charge in [0.1, 0.15) is 5.76 Å². The van der Waals surface area contributed by atoms with Crippen LogP contribution in [0, 0.1) is 5.92 Å². The van der Waals surface area contributed by atoms with Gasteiger partial charge in [-0.15, -0.1) is 0 Å². The molecule has 3 nitrogen and oxygen atoms in total. The van der Waals surface area contributed by atoms with E-state index in [4.69, 9.17) is 4.74 Å². The molecule has 0 aliphatic heterocycles. The number of carbonyl (C=O) groups excluding carboxylic acids is 1. The molecule has 0 fully saturated rings. The summed E-state index contributed by atoms with van der Waals surface area (Å²) >= 11 is 0. The fourth-order valence-corrected chi connectivity index (χ4v) is 1.55. The SMILES string of the molecule is CC(=O)OC1=CCC(C(C)O)CC1. The van der Waals surface area contributed by atoms with Crippen molar-refractivity contribution in [3.8, 4) is 0 Å². The largest absolute Gasteiger partial charge is 0.432 e. The van der Waals surface area contributed by atoms with E-state index in [2.05, 4.69) is 0 Å². The highest BCUT2D eigenvalue weighted by Gasteiger charge is 2.19. The fraction of sp³-hybridized carbons (Fsp3) is 0.700. The zero-order valence-electron chi connectivity index (χ0n) is 8.12. The summed E-state index contributed by atoms with van der Waals surface area (Å²) in [5, 5.41) is 9.31. The second-order valence-corrected chi connectivity index (χ2v) is 3.54. The predicted octanol–water partition coefficient (Wildman–Crippen LogP) is 1.61. The van der Waals surface area contributed by atoms with Crippen LogP contribution >= 0.6 is 0 Å². The van der Waals surface area contributed by atoms with Crippen molar-refractivity contribution in [1.82, 2.24) is 0 Å². The Kier molecular flexibility index (Phi) is 3.48. The lowest BCUT2D eigenvalue weighted by molar-refractivity contribution is -0.137. The third kappa shape index (κ3) is 3.19. The first-order chi connectivity index (χ1) is 6.09. The van der Waals surface area contributed by atoms with E-state index in [0.29, 0.717) is 5.92 Å². The summed E-state index contributed by atoms with van der Waals surface area (Å²) in [7, 11) is 0. The van der Waals surface area contributed by atoms with E-state index in [1.807, 2.05) is 6.08 Å². The molecule has 2 atom stereocenters.